The van der Waals surface area contributed by atoms with Gasteiger partial charge in [0, 0.05) is 35.5 Å². The standard InChI is InChI=1S/C13H17BrN4O2S/c1-9-11(15)7-10(14)8-12(9)21(19,20)18-4-2-3-13-16-5-6-17-13/h5-8,18H,2-4,15H2,1H3,(H,16,17). The zero-order chi connectivity index (χ0) is 15.5. The van der Waals surface area contributed by atoms with Gasteiger partial charge < -0.3 is 10.7 Å². The first-order chi connectivity index (χ1) is 9.90. The molecule has 0 fully saturated rings. The van der Waals surface area contributed by atoms with E-state index in [4.69, 9.17) is 5.73 Å². The summed E-state index contributed by atoms with van der Waals surface area (Å²) in [6, 6.07) is 3.24. The number of aryl methyl sites for hydroxylation is 1. The Morgan fingerprint density at radius 2 is 2.19 bits per heavy atom. The summed E-state index contributed by atoms with van der Waals surface area (Å²) < 4.78 is 27.8. The number of aromatic nitrogens is 2. The molecular formula is C13H17BrN4O2S. The van der Waals surface area contributed by atoms with E-state index in [0.29, 0.717) is 35.1 Å². The fourth-order valence-corrected chi connectivity index (χ4v) is 3.93. The van der Waals surface area contributed by atoms with Gasteiger partial charge in [0.1, 0.15) is 5.82 Å². The molecule has 0 aliphatic heterocycles. The van der Waals surface area contributed by atoms with Crippen LogP contribution in [0.5, 0.6) is 0 Å². The molecule has 1 heterocycles. The average Bonchev–Trinajstić information content (AvgIpc) is 2.92. The maximum Gasteiger partial charge on any atom is 0.240 e. The number of benzene rings is 1. The lowest BCUT2D eigenvalue weighted by atomic mass is 10.2. The normalized spacial score (nSPS) is 11.7. The number of hydrogen-bond acceptors (Lipinski definition) is 4. The summed E-state index contributed by atoms with van der Waals surface area (Å²) in [6.07, 6.45) is 4.77. The number of hydrogen-bond donors (Lipinski definition) is 3. The van der Waals surface area contributed by atoms with Gasteiger partial charge in [-0.1, -0.05) is 15.9 Å². The van der Waals surface area contributed by atoms with Crippen molar-refractivity contribution in [1.82, 2.24) is 14.7 Å². The number of nitrogens with zero attached hydrogens (tertiary/aromatic N) is 1. The molecule has 0 bridgehead atoms. The zero-order valence-corrected chi connectivity index (χ0v) is 14.0. The molecule has 1 aromatic heterocycles. The van der Waals surface area contributed by atoms with E-state index in [0.717, 1.165) is 5.82 Å². The number of H-pyrrole nitrogens is 1. The Morgan fingerprint density at radius 3 is 2.86 bits per heavy atom. The minimum absolute atomic E-state index is 0.201. The zero-order valence-electron chi connectivity index (χ0n) is 11.6. The summed E-state index contributed by atoms with van der Waals surface area (Å²) in [5.41, 5.74) is 6.80. The van der Waals surface area contributed by atoms with Crippen molar-refractivity contribution in [1.29, 1.82) is 0 Å². The lowest BCUT2D eigenvalue weighted by molar-refractivity contribution is 0.577. The third-order valence-corrected chi connectivity index (χ3v) is 5.14. The highest BCUT2D eigenvalue weighted by atomic mass is 79.9. The van der Waals surface area contributed by atoms with E-state index in [2.05, 4.69) is 30.6 Å². The SMILES string of the molecule is Cc1c(N)cc(Br)cc1S(=O)(=O)NCCCc1ncc[nH]1. The Hall–Kier alpha value is -1.38. The van der Waals surface area contributed by atoms with Crippen molar-refractivity contribution in [2.75, 3.05) is 12.3 Å². The van der Waals surface area contributed by atoms with Crippen molar-refractivity contribution in [2.24, 2.45) is 0 Å². The summed E-state index contributed by atoms with van der Waals surface area (Å²) in [4.78, 5) is 7.27. The van der Waals surface area contributed by atoms with Crippen molar-refractivity contribution in [3.63, 3.8) is 0 Å². The summed E-state index contributed by atoms with van der Waals surface area (Å²) >= 11 is 3.26. The molecule has 0 saturated carbocycles. The van der Waals surface area contributed by atoms with Gasteiger partial charge in [-0.2, -0.15) is 0 Å². The van der Waals surface area contributed by atoms with Crippen LogP contribution in [0.2, 0.25) is 0 Å². The highest BCUT2D eigenvalue weighted by Gasteiger charge is 2.18. The molecule has 0 unspecified atom stereocenters. The first kappa shape index (κ1) is 16.0. The molecular weight excluding hydrogens is 356 g/mol. The molecule has 2 rings (SSSR count). The summed E-state index contributed by atoms with van der Waals surface area (Å²) in [6.45, 7) is 2.04. The fraction of sp³-hybridized carbons (Fsp3) is 0.308. The molecule has 0 aliphatic carbocycles. The van der Waals surface area contributed by atoms with Crippen LogP contribution < -0.4 is 10.5 Å². The summed E-state index contributed by atoms with van der Waals surface area (Å²) in [5.74, 6) is 0.845. The number of halogens is 1. The van der Waals surface area contributed by atoms with Crippen LogP contribution in [0.4, 0.5) is 5.69 Å². The lowest BCUT2D eigenvalue weighted by Crippen LogP contribution is -2.26. The van der Waals surface area contributed by atoms with Crippen LogP contribution in [-0.4, -0.2) is 24.9 Å². The van der Waals surface area contributed by atoms with Gasteiger partial charge in [0.15, 0.2) is 0 Å². The van der Waals surface area contributed by atoms with E-state index in [1.54, 1.807) is 31.5 Å². The van der Waals surface area contributed by atoms with E-state index in [1.165, 1.54) is 0 Å². The van der Waals surface area contributed by atoms with E-state index >= 15 is 0 Å². The Kier molecular flexibility index (Phi) is 5.02. The first-order valence-corrected chi connectivity index (χ1v) is 8.71. The summed E-state index contributed by atoms with van der Waals surface area (Å²) in [5, 5.41) is 0. The largest absolute Gasteiger partial charge is 0.398 e. The monoisotopic (exact) mass is 372 g/mol. The second-order valence-corrected chi connectivity index (χ2v) is 7.31. The van der Waals surface area contributed by atoms with E-state index < -0.39 is 10.0 Å². The highest BCUT2D eigenvalue weighted by molar-refractivity contribution is 9.10. The maximum absolute atomic E-state index is 12.3. The molecule has 0 spiro atoms. The number of anilines is 1. The molecule has 0 atom stereocenters. The molecule has 6 nitrogen and oxygen atoms in total. The smallest absolute Gasteiger partial charge is 0.240 e. The number of nitrogens with one attached hydrogen (secondary N) is 2. The van der Waals surface area contributed by atoms with Crippen molar-refractivity contribution in [2.45, 2.75) is 24.7 Å². The minimum atomic E-state index is -3.57. The predicted octanol–water partition coefficient (Wildman–Crippen LogP) is 1.97. The number of imidazole rings is 1. The quantitative estimate of drug-likeness (QED) is 0.532. The fourth-order valence-electron chi connectivity index (χ4n) is 1.93. The summed E-state index contributed by atoms with van der Waals surface area (Å²) in [7, 11) is -3.57. The highest BCUT2D eigenvalue weighted by Crippen LogP contribution is 2.26. The molecule has 0 radical (unpaired) electrons. The number of aromatic amines is 1. The Labute approximate surface area is 132 Å². The molecule has 2 aromatic rings. The molecule has 114 valence electrons. The third-order valence-electron chi connectivity index (χ3n) is 3.09. The average molecular weight is 373 g/mol. The Morgan fingerprint density at radius 1 is 1.43 bits per heavy atom. The molecule has 1 aromatic carbocycles. The van der Waals surface area contributed by atoms with E-state index in [9.17, 15) is 8.42 Å². The second kappa shape index (κ2) is 6.59. The third kappa shape index (κ3) is 4.05. The van der Waals surface area contributed by atoms with Gasteiger partial charge in [-0.05, 0) is 31.0 Å². The number of nitrogen functional groups attached to an aromatic ring is 1. The number of nitrogens with two attached hydrogens (primary N) is 1. The van der Waals surface area contributed by atoms with Gasteiger partial charge in [-0.25, -0.2) is 18.1 Å². The van der Waals surface area contributed by atoms with Gasteiger partial charge in [-0.3, -0.25) is 0 Å². The van der Waals surface area contributed by atoms with Crippen LogP contribution in [0.3, 0.4) is 0 Å². The van der Waals surface area contributed by atoms with Gasteiger partial charge in [-0.15, -0.1) is 0 Å². The molecule has 0 aliphatic rings. The van der Waals surface area contributed by atoms with Crippen molar-refractivity contribution < 1.29 is 8.42 Å². The number of sulfonamides is 1. The van der Waals surface area contributed by atoms with Crippen molar-refractivity contribution >= 4 is 31.6 Å². The van der Waals surface area contributed by atoms with Gasteiger partial charge in [0.05, 0.1) is 4.90 Å². The van der Waals surface area contributed by atoms with Crippen molar-refractivity contribution in [3.8, 4) is 0 Å². The van der Waals surface area contributed by atoms with Crippen LogP contribution in [0.1, 0.15) is 17.8 Å². The lowest BCUT2D eigenvalue weighted by Gasteiger charge is -2.11. The maximum atomic E-state index is 12.3. The molecule has 21 heavy (non-hydrogen) atoms. The van der Waals surface area contributed by atoms with Crippen LogP contribution >= 0.6 is 15.9 Å². The Balaban J connectivity index is 2.02. The number of rotatable bonds is 6. The minimum Gasteiger partial charge on any atom is -0.398 e. The predicted molar refractivity (Wildman–Crippen MR) is 85.4 cm³/mol. The second-order valence-electron chi connectivity index (χ2n) is 4.66. The van der Waals surface area contributed by atoms with Crippen molar-refractivity contribution in [3.05, 3.63) is 40.4 Å². The topological polar surface area (TPSA) is 101 Å². The van der Waals surface area contributed by atoms with Crippen LogP contribution in [0.15, 0.2) is 33.9 Å². The molecule has 0 saturated heterocycles. The van der Waals surface area contributed by atoms with E-state index in [-0.39, 0.29) is 4.90 Å². The van der Waals surface area contributed by atoms with Gasteiger partial charge >= 0.3 is 0 Å². The molecule has 8 heteroatoms. The van der Waals surface area contributed by atoms with Gasteiger partial charge in [0.25, 0.3) is 0 Å². The van der Waals surface area contributed by atoms with Crippen LogP contribution in [0, 0.1) is 6.92 Å². The van der Waals surface area contributed by atoms with E-state index in [1.807, 2.05) is 0 Å². The van der Waals surface area contributed by atoms with Crippen LogP contribution in [-0.2, 0) is 16.4 Å². The van der Waals surface area contributed by atoms with Gasteiger partial charge in [0.2, 0.25) is 10.0 Å². The molecule has 0 amide bonds. The van der Waals surface area contributed by atoms with Crippen LogP contribution in [0.25, 0.3) is 0 Å². The first-order valence-electron chi connectivity index (χ1n) is 6.43. The molecule has 4 N–H and O–H groups in total. The Bertz CT molecular complexity index is 714.